The van der Waals surface area contributed by atoms with Gasteiger partial charge in [-0.1, -0.05) is 0 Å². The number of piperazine rings is 1. The highest BCUT2D eigenvalue weighted by atomic mass is 19.4. The molecule has 1 aliphatic heterocycles. The molecule has 2 unspecified atom stereocenters. The van der Waals surface area contributed by atoms with Gasteiger partial charge in [0.05, 0.1) is 11.9 Å². The molecule has 4 fully saturated rings. The minimum atomic E-state index is -4.80. The summed E-state index contributed by atoms with van der Waals surface area (Å²) < 4.78 is 40.6. The molecule has 33 heavy (non-hydrogen) atoms. The number of hydrogen-bond donors (Lipinski definition) is 2. The van der Waals surface area contributed by atoms with E-state index in [1.807, 2.05) is 0 Å². The molecule has 0 amide bonds. The molecule has 0 aromatic carbocycles. The van der Waals surface area contributed by atoms with Crippen molar-refractivity contribution in [1.29, 1.82) is 0 Å². The number of alkyl halides is 3. The Morgan fingerprint density at radius 1 is 1.03 bits per heavy atom. The van der Waals surface area contributed by atoms with Gasteiger partial charge in [-0.2, -0.15) is 0 Å². The first-order valence-electron chi connectivity index (χ1n) is 11.7. The van der Waals surface area contributed by atoms with Gasteiger partial charge in [-0.3, -0.25) is 4.90 Å². The van der Waals surface area contributed by atoms with E-state index in [9.17, 15) is 13.2 Å². The SMILES string of the molecule is CN1CCN(C2CC3CC3C2)CC1.Nc1ncc(-c2cnc(C3CC3)[nH]2)cc1OC(F)(F)F. The molecule has 2 aromatic rings. The Bertz CT molecular complexity index is 957. The first-order valence-corrected chi connectivity index (χ1v) is 11.7. The molecule has 1 saturated heterocycles. The number of halogens is 3. The Labute approximate surface area is 191 Å². The van der Waals surface area contributed by atoms with Crippen LogP contribution in [0.3, 0.4) is 0 Å². The normalized spacial score (nSPS) is 27.6. The van der Waals surface area contributed by atoms with Crippen molar-refractivity contribution in [2.75, 3.05) is 39.0 Å². The summed E-state index contributed by atoms with van der Waals surface area (Å²) in [5.74, 6) is 2.73. The van der Waals surface area contributed by atoms with Gasteiger partial charge < -0.3 is 20.4 Å². The summed E-state index contributed by atoms with van der Waals surface area (Å²) in [5, 5.41) is 0. The molecule has 0 radical (unpaired) electrons. The number of ether oxygens (including phenoxy) is 1. The molecule has 4 aliphatic rings. The van der Waals surface area contributed by atoms with E-state index in [0.29, 0.717) is 17.2 Å². The summed E-state index contributed by atoms with van der Waals surface area (Å²) >= 11 is 0. The second kappa shape index (κ2) is 8.79. The van der Waals surface area contributed by atoms with Gasteiger partial charge in [0.15, 0.2) is 11.6 Å². The molecule has 0 spiro atoms. The van der Waals surface area contributed by atoms with Gasteiger partial charge in [0.1, 0.15) is 5.82 Å². The molecule has 0 bridgehead atoms. The van der Waals surface area contributed by atoms with Crippen LogP contribution in [0, 0.1) is 11.8 Å². The van der Waals surface area contributed by atoms with Crippen molar-refractivity contribution in [2.24, 2.45) is 11.8 Å². The van der Waals surface area contributed by atoms with Crippen LogP contribution in [0.2, 0.25) is 0 Å². The van der Waals surface area contributed by atoms with Crippen LogP contribution >= 0.6 is 0 Å². The highest BCUT2D eigenvalue weighted by Crippen LogP contribution is 2.53. The number of nitrogens with zero attached hydrogens (tertiary/aromatic N) is 4. The van der Waals surface area contributed by atoms with Gasteiger partial charge in [0.2, 0.25) is 0 Å². The minimum absolute atomic E-state index is 0.312. The monoisotopic (exact) mass is 464 g/mol. The smallest absolute Gasteiger partial charge is 0.402 e. The third-order valence-electron chi connectivity index (χ3n) is 7.25. The van der Waals surface area contributed by atoms with Gasteiger partial charge in [-0.25, -0.2) is 9.97 Å². The molecule has 3 heterocycles. The summed E-state index contributed by atoms with van der Waals surface area (Å²) in [4.78, 5) is 16.2. The number of likely N-dealkylation sites (N-methyl/N-ethyl adjacent to an activating group) is 1. The van der Waals surface area contributed by atoms with Gasteiger partial charge in [0.25, 0.3) is 0 Å². The van der Waals surface area contributed by atoms with Crippen molar-refractivity contribution in [3.05, 3.63) is 24.3 Å². The Hall–Kier alpha value is -2.33. The maximum absolute atomic E-state index is 12.2. The van der Waals surface area contributed by atoms with Crippen LogP contribution in [-0.2, 0) is 0 Å². The quantitative estimate of drug-likeness (QED) is 0.715. The largest absolute Gasteiger partial charge is 0.573 e. The van der Waals surface area contributed by atoms with Crippen LogP contribution < -0.4 is 10.5 Å². The van der Waals surface area contributed by atoms with Crippen LogP contribution in [0.25, 0.3) is 11.3 Å². The highest BCUT2D eigenvalue weighted by Gasteiger charge is 2.47. The lowest BCUT2D eigenvalue weighted by atomic mass is 10.1. The number of rotatable bonds is 4. The van der Waals surface area contributed by atoms with E-state index in [1.54, 1.807) is 12.6 Å². The number of anilines is 1. The molecule has 3 N–H and O–H groups in total. The van der Waals surface area contributed by atoms with E-state index in [2.05, 4.69) is 36.5 Å². The standard InChI is InChI=1S/C12H11F3N4O.C11H20N2/c13-12(14,15)20-9-3-7(4-17-10(9)16)8-5-18-11(19-8)6-1-2-6;1-12-2-4-13(5-3-12)11-7-9-6-10(9)8-11/h3-6H,1-2H2,(H2,16,17)(H,18,19);9-11H,2-8H2,1H3. The van der Waals surface area contributed by atoms with Crippen LogP contribution in [-0.4, -0.2) is 70.4 Å². The number of aromatic amines is 1. The average molecular weight is 465 g/mol. The maximum atomic E-state index is 12.2. The number of nitrogen functional groups attached to an aromatic ring is 1. The molecule has 180 valence electrons. The number of fused-ring (bicyclic) bond motifs is 1. The lowest BCUT2D eigenvalue weighted by Gasteiger charge is -2.37. The molecular weight excluding hydrogens is 433 g/mol. The van der Waals surface area contributed by atoms with Gasteiger partial charge in [-0.05, 0) is 57.1 Å². The molecular formula is C23H31F3N6O. The fourth-order valence-electron chi connectivity index (χ4n) is 5.02. The van der Waals surface area contributed by atoms with E-state index in [1.165, 1.54) is 51.3 Å². The summed E-state index contributed by atoms with van der Waals surface area (Å²) in [6.45, 7) is 5.21. The fourth-order valence-corrected chi connectivity index (χ4v) is 5.02. The summed E-state index contributed by atoms with van der Waals surface area (Å²) in [7, 11) is 2.24. The Kier molecular flexibility index (Phi) is 5.98. The number of H-pyrrole nitrogens is 1. The topological polar surface area (TPSA) is 83.3 Å². The van der Waals surface area contributed by atoms with Crippen molar-refractivity contribution in [3.8, 4) is 17.0 Å². The number of hydrogen-bond acceptors (Lipinski definition) is 6. The molecule has 10 heteroatoms. The predicted molar refractivity (Wildman–Crippen MR) is 119 cm³/mol. The number of imidazole rings is 1. The van der Waals surface area contributed by atoms with E-state index in [0.717, 1.165) is 36.5 Å². The molecule has 6 rings (SSSR count). The zero-order chi connectivity index (χ0) is 23.2. The van der Waals surface area contributed by atoms with E-state index in [-0.39, 0.29) is 5.82 Å². The molecule has 3 aliphatic carbocycles. The highest BCUT2D eigenvalue weighted by molar-refractivity contribution is 5.63. The lowest BCUT2D eigenvalue weighted by molar-refractivity contribution is -0.274. The zero-order valence-electron chi connectivity index (χ0n) is 18.8. The first-order chi connectivity index (χ1) is 15.7. The third kappa shape index (κ3) is 5.60. The number of aromatic nitrogens is 3. The van der Waals surface area contributed by atoms with Crippen molar-refractivity contribution < 1.29 is 17.9 Å². The second-order valence-electron chi connectivity index (χ2n) is 9.83. The summed E-state index contributed by atoms with van der Waals surface area (Å²) in [6.07, 6.45) is 4.90. The number of nitrogens with one attached hydrogen (secondary N) is 1. The third-order valence-corrected chi connectivity index (χ3v) is 7.25. The van der Waals surface area contributed by atoms with Crippen molar-refractivity contribution >= 4 is 5.82 Å². The maximum Gasteiger partial charge on any atom is 0.573 e. The van der Waals surface area contributed by atoms with E-state index < -0.39 is 12.1 Å². The Morgan fingerprint density at radius 3 is 2.36 bits per heavy atom. The van der Waals surface area contributed by atoms with E-state index in [4.69, 9.17) is 5.73 Å². The van der Waals surface area contributed by atoms with Gasteiger partial charge in [-0.15, -0.1) is 13.2 Å². The summed E-state index contributed by atoms with van der Waals surface area (Å²) in [5.41, 5.74) is 6.41. The number of pyridine rings is 1. The second-order valence-corrected chi connectivity index (χ2v) is 9.83. The zero-order valence-corrected chi connectivity index (χ0v) is 18.8. The van der Waals surface area contributed by atoms with Crippen molar-refractivity contribution in [3.63, 3.8) is 0 Å². The Balaban J connectivity index is 0.000000151. The lowest BCUT2D eigenvalue weighted by Crippen LogP contribution is -2.48. The Morgan fingerprint density at radius 2 is 1.73 bits per heavy atom. The van der Waals surface area contributed by atoms with Gasteiger partial charge in [0, 0.05) is 49.9 Å². The number of nitrogens with two attached hydrogens (primary N) is 1. The molecule has 7 nitrogen and oxygen atoms in total. The average Bonchev–Trinajstić information content (AvgIpc) is 3.67. The van der Waals surface area contributed by atoms with E-state index >= 15 is 0 Å². The fraction of sp³-hybridized carbons (Fsp3) is 0.652. The van der Waals surface area contributed by atoms with Crippen molar-refractivity contribution in [1.82, 2.24) is 24.8 Å². The van der Waals surface area contributed by atoms with Crippen molar-refractivity contribution in [2.45, 2.75) is 50.4 Å². The first kappa shape index (κ1) is 22.5. The molecule has 2 atom stereocenters. The predicted octanol–water partition coefficient (Wildman–Crippen LogP) is 3.86. The minimum Gasteiger partial charge on any atom is -0.402 e. The summed E-state index contributed by atoms with van der Waals surface area (Å²) in [6, 6.07) is 2.16. The van der Waals surface area contributed by atoms with Crippen LogP contribution in [0.15, 0.2) is 18.5 Å². The van der Waals surface area contributed by atoms with Gasteiger partial charge >= 0.3 is 6.36 Å². The van der Waals surface area contributed by atoms with Crippen LogP contribution in [0.1, 0.15) is 43.8 Å². The molecule has 2 aromatic heterocycles. The molecule has 3 saturated carbocycles. The van der Waals surface area contributed by atoms with Crippen LogP contribution in [0.4, 0.5) is 19.0 Å². The van der Waals surface area contributed by atoms with Crippen LogP contribution in [0.5, 0.6) is 5.75 Å².